The van der Waals surface area contributed by atoms with E-state index in [0.29, 0.717) is 17.1 Å². The fourth-order valence-electron chi connectivity index (χ4n) is 2.76. The van der Waals surface area contributed by atoms with Gasteiger partial charge in [-0.25, -0.2) is 8.42 Å². The molecular formula is C15H24Cl2N2O2S. The number of halogens is 2. The molecule has 7 heteroatoms. The molecule has 1 aliphatic rings. The minimum absolute atomic E-state index is 0. The first kappa shape index (κ1) is 19.7. The average Bonchev–Trinajstić information content (AvgIpc) is 2.48. The van der Waals surface area contributed by atoms with Crippen molar-refractivity contribution < 1.29 is 8.42 Å². The van der Waals surface area contributed by atoms with Gasteiger partial charge in [0.2, 0.25) is 10.0 Å². The van der Waals surface area contributed by atoms with E-state index in [0.717, 1.165) is 32.4 Å². The number of rotatable bonds is 6. The summed E-state index contributed by atoms with van der Waals surface area (Å²) in [6, 6.07) is 7.27. The lowest BCUT2D eigenvalue weighted by molar-refractivity contribution is 0.262. The topological polar surface area (TPSA) is 49.4 Å². The molecule has 126 valence electrons. The van der Waals surface area contributed by atoms with Gasteiger partial charge in [-0.3, -0.25) is 0 Å². The van der Waals surface area contributed by atoms with Gasteiger partial charge in [0.1, 0.15) is 0 Å². The number of hydrogen-bond acceptors (Lipinski definition) is 3. The van der Waals surface area contributed by atoms with Gasteiger partial charge in [0, 0.05) is 17.6 Å². The molecule has 0 radical (unpaired) electrons. The molecule has 1 heterocycles. The quantitative estimate of drug-likeness (QED) is 0.841. The molecule has 1 saturated heterocycles. The molecule has 0 spiro atoms. The van der Waals surface area contributed by atoms with Gasteiger partial charge in [-0.1, -0.05) is 36.7 Å². The molecule has 2 rings (SSSR count). The molecule has 0 aromatic heterocycles. The Morgan fingerprint density at radius 1 is 1.27 bits per heavy atom. The molecule has 1 N–H and O–H groups in total. The Hall–Kier alpha value is -0.330. The molecule has 0 atom stereocenters. The van der Waals surface area contributed by atoms with Crippen LogP contribution in [0.5, 0.6) is 0 Å². The van der Waals surface area contributed by atoms with E-state index < -0.39 is 10.0 Å². The highest BCUT2D eigenvalue weighted by molar-refractivity contribution is 7.88. The van der Waals surface area contributed by atoms with Crippen LogP contribution in [0, 0.1) is 0 Å². The summed E-state index contributed by atoms with van der Waals surface area (Å²) in [6.07, 6.45) is 2.58. The molecule has 1 aromatic carbocycles. The minimum atomic E-state index is -3.34. The summed E-state index contributed by atoms with van der Waals surface area (Å²) < 4.78 is 27.3. The van der Waals surface area contributed by atoms with E-state index in [4.69, 9.17) is 11.6 Å². The van der Waals surface area contributed by atoms with Crippen LogP contribution in [0.25, 0.3) is 0 Å². The standard InChI is InChI=1S/C15H23ClN2O2S.ClH/c1-2-11-18(14-7-9-17-10-8-14)21(19,20)12-13-5-3-4-6-15(13)16;/h3-6,14,17H,2,7-12H2,1H3;1H. The zero-order chi connectivity index (χ0) is 15.3. The second-order valence-electron chi connectivity index (χ2n) is 5.44. The first-order chi connectivity index (χ1) is 10.0. The first-order valence-corrected chi connectivity index (χ1v) is 9.47. The van der Waals surface area contributed by atoms with Crippen molar-refractivity contribution in [3.05, 3.63) is 34.9 Å². The lowest BCUT2D eigenvalue weighted by Crippen LogP contribution is -2.46. The maximum absolute atomic E-state index is 12.8. The van der Waals surface area contributed by atoms with Gasteiger partial charge < -0.3 is 5.32 Å². The van der Waals surface area contributed by atoms with Gasteiger partial charge in [-0.05, 0) is 44.0 Å². The molecule has 0 bridgehead atoms. The molecule has 4 nitrogen and oxygen atoms in total. The Morgan fingerprint density at radius 2 is 1.91 bits per heavy atom. The largest absolute Gasteiger partial charge is 0.317 e. The molecule has 0 unspecified atom stereocenters. The van der Waals surface area contributed by atoms with Crippen molar-refractivity contribution in [2.45, 2.75) is 38.0 Å². The van der Waals surface area contributed by atoms with Crippen molar-refractivity contribution in [1.29, 1.82) is 0 Å². The third-order valence-electron chi connectivity index (χ3n) is 3.81. The summed E-state index contributed by atoms with van der Waals surface area (Å²) in [5, 5.41) is 3.80. The summed E-state index contributed by atoms with van der Waals surface area (Å²) in [7, 11) is -3.34. The minimum Gasteiger partial charge on any atom is -0.317 e. The predicted molar refractivity (Wildman–Crippen MR) is 94.2 cm³/mol. The smallest absolute Gasteiger partial charge is 0.218 e. The van der Waals surface area contributed by atoms with E-state index in [2.05, 4.69) is 5.32 Å². The van der Waals surface area contributed by atoms with Gasteiger partial charge in [-0.15, -0.1) is 12.4 Å². The Kier molecular flexibility index (Phi) is 8.14. The molecule has 1 aromatic rings. The molecule has 0 aliphatic carbocycles. The van der Waals surface area contributed by atoms with Crippen LogP contribution < -0.4 is 5.32 Å². The lowest BCUT2D eigenvalue weighted by atomic mass is 10.1. The number of nitrogens with zero attached hydrogens (tertiary/aromatic N) is 1. The van der Waals surface area contributed by atoms with Crippen LogP contribution in [0.4, 0.5) is 0 Å². The van der Waals surface area contributed by atoms with E-state index >= 15 is 0 Å². The van der Waals surface area contributed by atoms with Crippen molar-refractivity contribution in [3.63, 3.8) is 0 Å². The summed E-state index contributed by atoms with van der Waals surface area (Å²) in [4.78, 5) is 0. The van der Waals surface area contributed by atoms with Crippen molar-refractivity contribution >= 4 is 34.0 Å². The fourth-order valence-corrected chi connectivity index (χ4v) is 4.98. The van der Waals surface area contributed by atoms with Crippen LogP contribution in [0.15, 0.2) is 24.3 Å². The molecule has 0 amide bonds. The number of piperidine rings is 1. The van der Waals surface area contributed by atoms with Gasteiger partial charge in [0.05, 0.1) is 5.75 Å². The van der Waals surface area contributed by atoms with Crippen molar-refractivity contribution in [2.75, 3.05) is 19.6 Å². The Labute approximate surface area is 144 Å². The van der Waals surface area contributed by atoms with Crippen LogP contribution in [-0.4, -0.2) is 38.4 Å². The molecule has 22 heavy (non-hydrogen) atoms. The van der Waals surface area contributed by atoms with Gasteiger partial charge in [0.25, 0.3) is 0 Å². The van der Waals surface area contributed by atoms with Crippen LogP contribution in [0.2, 0.25) is 5.02 Å². The summed E-state index contributed by atoms with van der Waals surface area (Å²) >= 11 is 6.10. The fraction of sp³-hybridized carbons (Fsp3) is 0.600. The molecule has 1 fully saturated rings. The van der Waals surface area contributed by atoms with Gasteiger partial charge in [-0.2, -0.15) is 4.31 Å². The maximum Gasteiger partial charge on any atom is 0.218 e. The third kappa shape index (κ3) is 5.10. The molecular weight excluding hydrogens is 343 g/mol. The second-order valence-corrected chi connectivity index (χ2v) is 7.77. The van der Waals surface area contributed by atoms with E-state index in [-0.39, 0.29) is 24.2 Å². The van der Waals surface area contributed by atoms with E-state index in [1.54, 1.807) is 16.4 Å². The van der Waals surface area contributed by atoms with E-state index in [1.165, 1.54) is 0 Å². The van der Waals surface area contributed by atoms with E-state index in [1.807, 2.05) is 19.1 Å². The van der Waals surface area contributed by atoms with Crippen molar-refractivity contribution in [2.24, 2.45) is 0 Å². The molecule has 0 saturated carbocycles. The van der Waals surface area contributed by atoms with Crippen LogP contribution in [0.1, 0.15) is 31.7 Å². The molecule has 1 aliphatic heterocycles. The lowest BCUT2D eigenvalue weighted by Gasteiger charge is -2.33. The zero-order valence-corrected chi connectivity index (χ0v) is 15.2. The number of benzene rings is 1. The summed E-state index contributed by atoms with van der Waals surface area (Å²) in [5.74, 6) is -0.0173. The van der Waals surface area contributed by atoms with Gasteiger partial charge >= 0.3 is 0 Å². The highest BCUT2D eigenvalue weighted by Crippen LogP contribution is 2.23. The van der Waals surface area contributed by atoms with Crippen LogP contribution >= 0.6 is 24.0 Å². The Bertz CT molecular complexity index is 560. The first-order valence-electron chi connectivity index (χ1n) is 7.48. The number of sulfonamides is 1. The second kappa shape index (κ2) is 9.08. The monoisotopic (exact) mass is 366 g/mol. The van der Waals surface area contributed by atoms with Gasteiger partial charge in [0.15, 0.2) is 0 Å². The number of hydrogen-bond donors (Lipinski definition) is 1. The zero-order valence-electron chi connectivity index (χ0n) is 12.8. The van der Waals surface area contributed by atoms with E-state index in [9.17, 15) is 8.42 Å². The predicted octanol–water partition coefficient (Wildman–Crippen LogP) is 3.06. The van der Waals surface area contributed by atoms with Crippen molar-refractivity contribution in [1.82, 2.24) is 9.62 Å². The van der Waals surface area contributed by atoms with Crippen LogP contribution in [0.3, 0.4) is 0 Å². The Morgan fingerprint density at radius 3 is 2.50 bits per heavy atom. The summed E-state index contributed by atoms with van der Waals surface area (Å²) in [5.41, 5.74) is 0.675. The average molecular weight is 367 g/mol. The van der Waals surface area contributed by atoms with Crippen molar-refractivity contribution in [3.8, 4) is 0 Å². The highest BCUT2D eigenvalue weighted by atomic mass is 35.5. The third-order valence-corrected chi connectivity index (χ3v) is 6.05. The summed E-state index contributed by atoms with van der Waals surface area (Å²) in [6.45, 7) is 4.36. The maximum atomic E-state index is 12.8. The highest BCUT2D eigenvalue weighted by Gasteiger charge is 2.30. The normalized spacial score (nSPS) is 16.5. The van der Waals surface area contributed by atoms with Crippen LogP contribution in [-0.2, 0) is 15.8 Å². The Balaban J connectivity index is 0.00000242. The SMILES string of the molecule is CCCN(C1CCNCC1)S(=O)(=O)Cc1ccccc1Cl.Cl. The number of nitrogens with one attached hydrogen (secondary N) is 1.